The van der Waals surface area contributed by atoms with Gasteiger partial charge < -0.3 is 10.6 Å². The molecule has 1 aliphatic rings. The fourth-order valence-electron chi connectivity index (χ4n) is 1.86. The maximum atomic E-state index is 11.9. The molecule has 92 valence electrons. The molecule has 0 heterocycles. The van der Waals surface area contributed by atoms with Gasteiger partial charge >= 0.3 is 0 Å². The van der Waals surface area contributed by atoms with Crippen LogP contribution in [0, 0.1) is 0 Å². The topological polar surface area (TPSA) is 46.3 Å². The Morgan fingerprint density at radius 1 is 1.35 bits per heavy atom. The van der Waals surface area contributed by atoms with E-state index in [9.17, 15) is 4.79 Å². The van der Waals surface area contributed by atoms with Crippen LogP contribution < -0.4 is 5.73 Å². The van der Waals surface area contributed by atoms with Crippen LogP contribution in [-0.4, -0.2) is 23.4 Å². The molecule has 2 rings (SSSR count). The highest BCUT2D eigenvalue weighted by molar-refractivity contribution is 9.10. The van der Waals surface area contributed by atoms with Gasteiger partial charge in [-0.2, -0.15) is 0 Å². The highest BCUT2D eigenvalue weighted by Gasteiger charge is 2.31. The number of amides is 1. The molecule has 1 fully saturated rings. The van der Waals surface area contributed by atoms with Crippen molar-refractivity contribution in [3.05, 3.63) is 34.3 Å². The molecule has 1 saturated carbocycles. The van der Waals surface area contributed by atoms with Crippen molar-refractivity contribution in [2.24, 2.45) is 5.73 Å². The van der Waals surface area contributed by atoms with Crippen LogP contribution in [-0.2, 0) is 11.3 Å². The van der Waals surface area contributed by atoms with E-state index in [0.717, 1.165) is 17.3 Å². The molecule has 0 spiro atoms. The Morgan fingerprint density at radius 3 is 2.53 bits per heavy atom. The van der Waals surface area contributed by atoms with Crippen molar-refractivity contribution in [2.45, 2.75) is 31.8 Å². The van der Waals surface area contributed by atoms with E-state index in [4.69, 9.17) is 5.73 Å². The van der Waals surface area contributed by atoms with Gasteiger partial charge in [-0.3, -0.25) is 4.79 Å². The first-order chi connectivity index (χ1) is 8.20. The molecule has 0 aromatic heterocycles. The van der Waals surface area contributed by atoms with Crippen molar-refractivity contribution in [1.29, 1.82) is 0 Å². The summed E-state index contributed by atoms with van der Waals surface area (Å²) in [6.45, 7) is 1.14. The molecule has 0 unspecified atom stereocenters. The van der Waals surface area contributed by atoms with Crippen molar-refractivity contribution in [3.63, 3.8) is 0 Å². The lowest BCUT2D eigenvalue weighted by molar-refractivity contribution is -0.132. The molecule has 1 aliphatic carbocycles. The lowest BCUT2D eigenvalue weighted by atomic mass is 10.2. The van der Waals surface area contributed by atoms with Gasteiger partial charge in [-0.25, -0.2) is 0 Å². The first-order valence-corrected chi connectivity index (χ1v) is 6.74. The highest BCUT2D eigenvalue weighted by Crippen LogP contribution is 2.29. The number of carbonyl (C=O) groups is 1. The summed E-state index contributed by atoms with van der Waals surface area (Å²) in [5, 5.41) is 0. The fourth-order valence-corrected chi connectivity index (χ4v) is 2.13. The lowest BCUT2D eigenvalue weighted by Gasteiger charge is -2.22. The average Bonchev–Trinajstić information content (AvgIpc) is 3.12. The van der Waals surface area contributed by atoms with Gasteiger partial charge in [-0.1, -0.05) is 28.1 Å². The summed E-state index contributed by atoms with van der Waals surface area (Å²) in [7, 11) is 0. The van der Waals surface area contributed by atoms with Crippen molar-refractivity contribution < 1.29 is 4.79 Å². The molecule has 1 aromatic carbocycles. The van der Waals surface area contributed by atoms with Crippen molar-refractivity contribution in [3.8, 4) is 0 Å². The summed E-state index contributed by atoms with van der Waals surface area (Å²) >= 11 is 3.41. The monoisotopic (exact) mass is 296 g/mol. The largest absolute Gasteiger partial charge is 0.335 e. The molecule has 0 bridgehead atoms. The van der Waals surface area contributed by atoms with Crippen LogP contribution in [0.5, 0.6) is 0 Å². The summed E-state index contributed by atoms with van der Waals surface area (Å²) < 4.78 is 1.06. The van der Waals surface area contributed by atoms with Gasteiger partial charge in [-0.15, -0.1) is 0 Å². The summed E-state index contributed by atoms with van der Waals surface area (Å²) in [4.78, 5) is 13.9. The van der Waals surface area contributed by atoms with Gasteiger partial charge in [0.05, 0.1) is 0 Å². The molecule has 0 atom stereocenters. The van der Waals surface area contributed by atoms with Gasteiger partial charge in [0.25, 0.3) is 0 Å². The third kappa shape index (κ3) is 3.54. The number of nitrogens with zero attached hydrogens (tertiary/aromatic N) is 1. The first-order valence-electron chi connectivity index (χ1n) is 5.94. The SMILES string of the molecule is NCCC(=O)N(Cc1ccc(Br)cc1)C1CC1. The van der Waals surface area contributed by atoms with Crippen LogP contribution in [0.3, 0.4) is 0 Å². The number of carbonyl (C=O) groups excluding carboxylic acids is 1. The van der Waals surface area contributed by atoms with Crippen LogP contribution >= 0.6 is 15.9 Å². The molecule has 0 saturated heterocycles. The predicted molar refractivity (Wildman–Crippen MR) is 71.4 cm³/mol. The van der Waals surface area contributed by atoms with E-state index in [0.29, 0.717) is 25.6 Å². The Balaban J connectivity index is 2.02. The Kier molecular flexibility index (Phi) is 4.18. The average molecular weight is 297 g/mol. The number of halogens is 1. The van der Waals surface area contributed by atoms with Crippen LogP contribution in [0.1, 0.15) is 24.8 Å². The second-order valence-corrected chi connectivity index (χ2v) is 5.33. The third-order valence-electron chi connectivity index (χ3n) is 2.93. The van der Waals surface area contributed by atoms with E-state index in [-0.39, 0.29) is 5.91 Å². The Hall–Kier alpha value is -0.870. The van der Waals surface area contributed by atoms with Crippen LogP contribution in [0.4, 0.5) is 0 Å². The summed E-state index contributed by atoms with van der Waals surface area (Å²) in [6.07, 6.45) is 2.71. The molecule has 0 radical (unpaired) electrons. The van der Waals surface area contributed by atoms with Gasteiger partial charge in [0, 0.05) is 30.0 Å². The van der Waals surface area contributed by atoms with E-state index in [1.807, 2.05) is 17.0 Å². The summed E-state index contributed by atoms with van der Waals surface area (Å²) in [5.41, 5.74) is 6.62. The zero-order chi connectivity index (χ0) is 12.3. The number of hydrogen-bond donors (Lipinski definition) is 1. The number of rotatable bonds is 5. The number of hydrogen-bond acceptors (Lipinski definition) is 2. The van der Waals surface area contributed by atoms with E-state index < -0.39 is 0 Å². The van der Waals surface area contributed by atoms with Crippen molar-refractivity contribution >= 4 is 21.8 Å². The van der Waals surface area contributed by atoms with Crippen molar-refractivity contribution in [1.82, 2.24) is 4.90 Å². The van der Waals surface area contributed by atoms with Gasteiger partial charge in [0.1, 0.15) is 0 Å². The Labute approximate surface area is 110 Å². The molecule has 3 nitrogen and oxygen atoms in total. The zero-order valence-corrected chi connectivity index (χ0v) is 11.3. The summed E-state index contributed by atoms with van der Waals surface area (Å²) in [5.74, 6) is 0.179. The van der Waals surface area contributed by atoms with E-state index in [1.165, 1.54) is 5.56 Å². The minimum absolute atomic E-state index is 0.179. The maximum absolute atomic E-state index is 11.9. The standard InChI is InChI=1S/C13H17BrN2O/c14-11-3-1-10(2-4-11)9-16(12-5-6-12)13(17)7-8-15/h1-4,12H,5-9,15H2. The smallest absolute Gasteiger partial charge is 0.224 e. The molecular formula is C13H17BrN2O. The minimum atomic E-state index is 0.179. The van der Waals surface area contributed by atoms with Gasteiger partial charge in [0.2, 0.25) is 5.91 Å². The molecule has 17 heavy (non-hydrogen) atoms. The fraction of sp³-hybridized carbons (Fsp3) is 0.462. The molecule has 1 amide bonds. The Morgan fingerprint density at radius 2 is 2.00 bits per heavy atom. The third-order valence-corrected chi connectivity index (χ3v) is 3.46. The van der Waals surface area contributed by atoms with Gasteiger partial charge in [-0.05, 0) is 30.5 Å². The molecule has 1 aromatic rings. The van der Waals surface area contributed by atoms with E-state index >= 15 is 0 Å². The zero-order valence-electron chi connectivity index (χ0n) is 9.73. The minimum Gasteiger partial charge on any atom is -0.335 e. The number of nitrogens with two attached hydrogens (primary N) is 1. The quantitative estimate of drug-likeness (QED) is 0.906. The lowest BCUT2D eigenvalue weighted by Crippen LogP contribution is -2.33. The predicted octanol–water partition coefficient (Wildman–Crippen LogP) is 2.29. The first kappa shape index (κ1) is 12.6. The second-order valence-electron chi connectivity index (χ2n) is 4.42. The highest BCUT2D eigenvalue weighted by atomic mass is 79.9. The Bertz CT molecular complexity index is 387. The molecule has 2 N–H and O–H groups in total. The molecule has 0 aliphatic heterocycles. The van der Waals surface area contributed by atoms with Crippen LogP contribution in [0.15, 0.2) is 28.7 Å². The summed E-state index contributed by atoms with van der Waals surface area (Å²) in [6, 6.07) is 8.56. The van der Waals surface area contributed by atoms with Crippen LogP contribution in [0.2, 0.25) is 0 Å². The molecule has 4 heteroatoms. The number of benzene rings is 1. The normalized spacial score (nSPS) is 14.7. The molecular weight excluding hydrogens is 280 g/mol. The van der Waals surface area contributed by atoms with Crippen molar-refractivity contribution in [2.75, 3.05) is 6.54 Å². The van der Waals surface area contributed by atoms with Crippen LogP contribution in [0.25, 0.3) is 0 Å². The van der Waals surface area contributed by atoms with E-state index in [2.05, 4.69) is 28.1 Å². The van der Waals surface area contributed by atoms with E-state index in [1.54, 1.807) is 0 Å². The second kappa shape index (κ2) is 5.65. The maximum Gasteiger partial charge on any atom is 0.224 e. The van der Waals surface area contributed by atoms with Gasteiger partial charge in [0.15, 0.2) is 0 Å².